The van der Waals surface area contributed by atoms with E-state index in [4.69, 9.17) is 10.2 Å². The van der Waals surface area contributed by atoms with Gasteiger partial charge < -0.3 is 14.9 Å². The number of esters is 1. The molecule has 0 aliphatic rings. The summed E-state index contributed by atoms with van der Waals surface area (Å²) in [5, 5.41) is 17.2. The van der Waals surface area contributed by atoms with Crippen molar-refractivity contribution < 1.29 is 28.2 Å². The minimum absolute atomic E-state index is 0.545. The summed E-state index contributed by atoms with van der Waals surface area (Å²) in [4.78, 5) is 10.6. The molecule has 0 aromatic rings. The maximum Gasteiger partial charge on any atom is 0.322 e. The lowest BCUT2D eigenvalue weighted by molar-refractivity contribution is -0.137. The van der Waals surface area contributed by atoms with Crippen molar-refractivity contribution in [2.45, 2.75) is 6.04 Å². The monoisotopic (exact) mass is 227 g/mol. The molecule has 0 heterocycles. The van der Waals surface area contributed by atoms with Gasteiger partial charge in [0.25, 0.3) is 0 Å². The van der Waals surface area contributed by atoms with Crippen LogP contribution >= 0.6 is 0 Å². The van der Waals surface area contributed by atoms with Crippen molar-refractivity contribution in [2.24, 2.45) is 0 Å². The summed E-state index contributed by atoms with van der Waals surface area (Å²) in [6.07, 6.45) is 0. The molecule has 0 aromatic carbocycles. The highest BCUT2D eigenvalue weighted by Gasteiger charge is 2.20. The fourth-order valence-electron chi connectivity index (χ4n) is 0.642. The van der Waals surface area contributed by atoms with Crippen molar-refractivity contribution in [2.75, 3.05) is 26.1 Å². The number of aliphatic hydroxyl groups is 2. The van der Waals surface area contributed by atoms with Crippen LogP contribution in [0.4, 0.5) is 0 Å². The van der Waals surface area contributed by atoms with Crippen LogP contribution in [-0.4, -0.2) is 56.7 Å². The van der Waals surface area contributed by atoms with Crippen molar-refractivity contribution >= 4 is 16.0 Å². The van der Waals surface area contributed by atoms with Gasteiger partial charge in [-0.25, -0.2) is 13.1 Å². The fourth-order valence-corrected chi connectivity index (χ4v) is 1.81. The molecule has 0 aromatic heterocycles. The molecular weight excluding hydrogens is 214 g/mol. The minimum Gasteiger partial charge on any atom is -0.468 e. The number of rotatable bonds is 6. The third kappa shape index (κ3) is 5.12. The summed E-state index contributed by atoms with van der Waals surface area (Å²) < 4.78 is 28.3. The zero-order valence-electron chi connectivity index (χ0n) is 7.63. The van der Waals surface area contributed by atoms with Crippen molar-refractivity contribution in [3.05, 3.63) is 0 Å². The lowest BCUT2D eigenvalue weighted by atomic mass is 10.4. The Labute approximate surface area is 81.7 Å². The van der Waals surface area contributed by atoms with E-state index in [1.54, 1.807) is 0 Å². The van der Waals surface area contributed by atoms with Gasteiger partial charge in [-0.15, -0.1) is 0 Å². The number of carbonyl (C=O) groups is 1. The van der Waals surface area contributed by atoms with E-state index in [1.165, 1.54) is 0 Å². The topological polar surface area (TPSA) is 113 Å². The normalized spacial score (nSPS) is 11.7. The van der Waals surface area contributed by atoms with E-state index >= 15 is 0 Å². The van der Waals surface area contributed by atoms with Gasteiger partial charge in [0, 0.05) is 0 Å². The lowest BCUT2D eigenvalue weighted by Crippen LogP contribution is -2.42. The zero-order valence-corrected chi connectivity index (χ0v) is 8.45. The number of nitrogens with one attached hydrogen (secondary N) is 1. The van der Waals surface area contributed by atoms with E-state index in [0.29, 0.717) is 0 Å². The standard InChI is InChI=1S/C6H13NO6S/c1-13-6(10)4-14(11,12)7-5(2-8)3-9/h5,7-9H,2-4H2,1H3. The molecule has 14 heavy (non-hydrogen) atoms. The van der Waals surface area contributed by atoms with Crippen molar-refractivity contribution in [3.8, 4) is 0 Å². The molecule has 8 heteroatoms. The second-order valence-corrected chi connectivity index (χ2v) is 4.27. The van der Waals surface area contributed by atoms with Crippen LogP contribution in [-0.2, 0) is 19.6 Å². The Morgan fingerprint density at radius 2 is 1.93 bits per heavy atom. The van der Waals surface area contributed by atoms with Gasteiger partial charge in [-0.1, -0.05) is 0 Å². The van der Waals surface area contributed by atoms with E-state index in [9.17, 15) is 13.2 Å². The molecule has 0 unspecified atom stereocenters. The first kappa shape index (κ1) is 13.3. The largest absolute Gasteiger partial charge is 0.468 e. The third-order valence-corrected chi connectivity index (χ3v) is 2.63. The zero-order chi connectivity index (χ0) is 11.2. The van der Waals surface area contributed by atoms with Crippen molar-refractivity contribution in [1.82, 2.24) is 4.72 Å². The Hall–Kier alpha value is -0.700. The molecule has 3 N–H and O–H groups in total. The lowest BCUT2D eigenvalue weighted by Gasteiger charge is -2.12. The first-order valence-corrected chi connectivity index (χ1v) is 5.39. The van der Waals surface area contributed by atoms with E-state index in [1.807, 2.05) is 4.72 Å². The van der Waals surface area contributed by atoms with Crippen LogP contribution in [0.2, 0.25) is 0 Å². The Kier molecular flexibility index (Phi) is 5.62. The van der Waals surface area contributed by atoms with Crippen LogP contribution in [0.25, 0.3) is 0 Å². The van der Waals surface area contributed by atoms with Gasteiger partial charge in [-0.2, -0.15) is 0 Å². The first-order chi connectivity index (χ1) is 6.45. The summed E-state index contributed by atoms with van der Waals surface area (Å²) >= 11 is 0. The molecule has 0 bridgehead atoms. The number of aliphatic hydroxyl groups excluding tert-OH is 2. The van der Waals surface area contributed by atoms with Gasteiger partial charge in [0.05, 0.1) is 26.4 Å². The summed E-state index contributed by atoms with van der Waals surface area (Å²) in [5.41, 5.74) is 0. The van der Waals surface area contributed by atoms with Gasteiger partial charge in [0.1, 0.15) is 0 Å². The predicted molar refractivity (Wildman–Crippen MR) is 46.9 cm³/mol. The Balaban J connectivity index is 4.27. The molecule has 0 fully saturated rings. The molecule has 7 nitrogen and oxygen atoms in total. The number of sulfonamides is 1. The average molecular weight is 227 g/mol. The van der Waals surface area contributed by atoms with Gasteiger partial charge in [0.15, 0.2) is 5.75 Å². The summed E-state index contributed by atoms with van der Waals surface area (Å²) in [7, 11) is -2.80. The quantitative estimate of drug-likeness (QED) is 0.430. The summed E-state index contributed by atoms with van der Waals surface area (Å²) in [6, 6.07) is -0.996. The van der Waals surface area contributed by atoms with Crippen molar-refractivity contribution in [1.29, 1.82) is 0 Å². The van der Waals surface area contributed by atoms with Gasteiger partial charge in [-0.05, 0) is 0 Å². The molecule has 0 spiro atoms. The van der Waals surface area contributed by atoms with Gasteiger partial charge >= 0.3 is 5.97 Å². The van der Waals surface area contributed by atoms with E-state index in [2.05, 4.69) is 4.74 Å². The Morgan fingerprint density at radius 1 is 1.43 bits per heavy atom. The molecule has 0 aliphatic heterocycles. The minimum atomic E-state index is -3.86. The van der Waals surface area contributed by atoms with Crippen molar-refractivity contribution in [3.63, 3.8) is 0 Å². The van der Waals surface area contributed by atoms with Crippen LogP contribution < -0.4 is 4.72 Å². The molecule has 0 radical (unpaired) electrons. The smallest absolute Gasteiger partial charge is 0.322 e. The van der Waals surface area contributed by atoms with E-state index in [-0.39, 0.29) is 0 Å². The SMILES string of the molecule is COC(=O)CS(=O)(=O)NC(CO)CO. The van der Waals surface area contributed by atoms with Crippen LogP contribution in [0, 0.1) is 0 Å². The van der Waals surface area contributed by atoms with Crippen LogP contribution in [0.15, 0.2) is 0 Å². The molecule has 0 rings (SSSR count). The van der Waals surface area contributed by atoms with E-state index < -0.39 is 41.0 Å². The number of hydrogen-bond donors (Lipinski definition) is 3. The summed E-state index contributed by atoms with van der Waals surface area (Å²) in [6.45, 7) is -1.09. The van der Waals surface area contributed by atoms with E-state index in [0.717, 1.165) is 7.11 Å². The molecule has 0 amide bonds. The molecule has 0 saturated carbocycles. The highest BCUT2D eigenvalue weighted by Crippen LogP contribution is 1.90. The molecule has 0 atom stereocenters. The third-order valence-electron chi connectivity index (χ3n) is 1.32. The maximum atomic E-state index is 11.1. The number of methoxy groups -OCH3 is 1. The van der Waals surface area contributed by atoms with Crippen LogP contribution in [0.3, 0.4) is 0 Å². The number of hydrogen-bond acceptors (Lipinski definition) is 6. The first-order valence-electron chi connectivity index (χ1n) is 3.73. The Morgan fingerprint density at radius 3 is 2.29 bits per heavy atom. The second kappa shape index (κ2) is 5.91. The van der Waals surface area contributed by atoms with Crippen LogP contribution in [0.1, 0.15) is 0 Å². The predicted octanol–water partition coefficient (Wildman–Crippen LogP) is -2.57. The fraction of sp³-hybridized carbons (Fsp3) is 0.833. The number of ether oxygens (including phenoxy) is 1. The van der Waals surface area contributed by atoms with Crippen LogP contribution in [0.5, 0.6) is 0 Å². The highest BCUT2D eigenvalue weighted by molar-refractivity contribution is 7.90. The average Bonchev–Trinajstić information content (AvgIpc) is 2.13. The second-order valence-electron chi connectivity index (χ2n) is 2.52. The number of carbonyl (C=O) groups excluding carboxylic acids is 1. The Bertz CT molecular complexity index is 270. The van der Waals surface area contributed by atoms with Gasteiger partial charge in [0.2, 0.25) is 10.0 Å². The summed E-state index contributed by atoms with van der Waals surface area (Å²) in [5.74, 6) is -1.74. The molecule has 0 aliphatic carbocycles. The highest BCUT2D eigenvalue weighted by atomic mass is 32.2. The maximum absolute atomic E-state index is 11.1. The molecule has 0 saturated heterocycles. The van der Waals surface area contributed by atoms with Gasteiger partial charge in [-0.3, -0.25) is 4.79 Å². The molecule has 84 valence electrons. The molecular formula is C6H13NO6S.